The lowest BCUT2D eigenvalue weighted by molar-refractivity contribution is -0.153. The number of hydrogen-bond donors (Lipinski definition) is 1. The standard InChI is InChI=1S/C20H22N4O2/c25-19-18-14-23(13-16-8-4-5-9-21-16)10-11-24(18)20(26)17(22-19)12-15-6-2-1-3-7-15/h1-9,17-18H,10-14H2,(H,22,25)/t17-,18+/m0/s1. The third-order valence-corrected chi connectivity index (χ3v) is 5.06. The Labute approximate surface area is 152 Å². The van der Waals surface area contributed by atoms with Gasteiger partial charge in [0.05, 0.1) is 5.69 Å². The highest BCUT2D eigenvalue weighted by atomic mass is 16.2. The van der Waals surface area contributed by atoms with Crippen molar-refractivity contribution in [3.63, 3.8) is 0 Å². The zero-order valence-corrected chi connectivity index (χ0v) is 14.5. The number of pyridine rings is 1. The highest BCUT2D eigenvalue weighted by Gasteiger charge is 2.43. The number of nitrogens with one attached hydrogen (secondary N) is 1. The van der Waals surface area contributed by atoms with Crippen LogP contribution >= 0.6 is 0 Å². The smallest absolute Gasteiger partial charge is 0.246 e. The number of aromatic nitrogens is 1. The largest absolute Gasteiger partial charge is 0.342 e. The molecule has 2 aliphatic heterocycles. The minimum Gasteiger partial charge on any atom is -0.342 e. The molecule has 0 bridgehead atoms. The lowest BCUT2D eigenvalue weighted by Crippen LogP contribution is -2.69. The summed E-state index contributed by atoms with van der Waals surface area (Å²) in [5.74, 6) is -0.0350. The lowest BCUT2D eigenvalue weighted by Gasteiger charge is -2.45. The van der Waals surface area contributed by atoms with E-state index in [1.54, 1.807) is 11.1 Å². The van der Waals surface area contributed by atoms with Crippen molar-refractivity contribution in [1.82, 2.24) is 20.1 Å². The molecule has 4 rings (SSSR count). The number of rotatable bonds is 4. The Morgan fingerprint density at radius 2 is 1.85 bits per heavy atom. The van der Waals surface area contributed by atoms with Gasteiger partial charge in [0.25, 0.3) is 0 Å². The molecule has 134 valence electrons. The van der Waals surface area contributed by atoms with Crippen molar-refractivity contribution in [3.8, 4) is 0 Å². The molecule has 0 unspecified atom stereocenters. The molecule has 6 heteroatoms. The molecule has 0 radical (unpaired) electrons. The zero-order chi connectivity index (χ0) is 17.9. The SMILES string of the molecule is O=C1N[C@@H](Cc2ccccc2)C(=O)N2CCN(Cc3ccccn3)C[C@H]12. The van der Waals surface area contributed by atoms with E-state index in [2.05, 4.69) is 15.2 Å². The van der Waals surface area contributed by atoms with Crippen molar-refractivity contribution in [2.45, 2.75) is 25.0 Å². The Kier molecular flexibility index (Phi) is 4.67. The number of amides is 2. The molecular formula is C20H22N4O2. The van der Waals surface area contributed by atoms with Gasteiger partial charge in [-0.15, -0.1) is 0 Å². The maximum absolute atomic E-state index is 12.9. The summed E-state index contributed by atoms with van der Waals surface area (Å²) in [6, 6.07) is 14.8. The van der Waals surface area contributed by atoms with E-state index in [9.17, 15) is 9.59 Å². The van der Waals surface area contributed by atoms with E-state index in [0.717, 1.165) is 17.8 Å². The Morgan fingerprint density at radius 1 is 1.04 bits per heavy atom. The summed E-state index contributed by atoms with van der Waals surface area (Å²) in [6.07, 6.45) is 2.31. The highest BCUT2D eigenvalue weighted by molar-refractivity contribution is 5.97. The summed E-state index contributed by atoms with van der Waals surface area (Å²) in [5.41, 5.74) is 2.03. The van der Waals surface area contributed by atoms with Crippen LogP contribution in [0.5, 0.6) is 0 Å². The van der Waals surface area contributed by atoms with Crippen LogP contribution in [0.25, 0.3) is 0 Å². The summed E-state index contributed by atoms with van der Waals surface area (Å²) < 4.78 is 0. The van der Waals surface area contributed by atoms with Crippen LogP contribution in [-0.2, 0) is 22.6 Å². The molecule has 0 aliphatic carbocycles. The average molecular weight is 350 g/mol. The molecule has 0 spiro atoms. The molecule has 0 saturated carbocycles. The number of piperazine rings is 2. The molecule has 2 aliphatic rings. The topological polar surface area (TPSA) is 65.5 Å². The van der Waals surface area contributed by atoms with Gasteiger partial charge in [0, 0.05) is 38.8 Å². The van der Waals surface area contributed by atoms with Crippen LogP contribution < -0.4 is 5.32 Å². The van der Waals surface area contributed by atoms with Crippen LogP contribution in [0.2, 0.25) is 0 Å². The second kappa shape index (κ2) is 7.25. The predicted octanol–water partition coefficient (Wildman–Crippen LogP) is 0.835. The summed E-state index contributed by atoms with van der Waals surface area (Å²) in [5, 5.41) is 2.93. The molecule has 2 aromatic rings. The molecule has 3 heterocycles. The summed E-state index contributed by atoms with van der Waals surface area (Å²) >= 11 is 0. The molecule has 2 atom stereocenters. The fourth-order valence-electron chi connectivity index (χ4n) is 3.71. The number of carbonyl (C=O) groups excluding carboxylic acids is 2. The van der Waals surface area contributed by atoms with E-state index in [0.29, 0.717) is 26.1 Å². The fraction of sp³-hybridized carbons (Fsp3) is 0.350. The fourth-order valence-corrected chi connectivity index (χ4v) is 3.71. The molecule has 1 N–H and O–H groups in total. The Hall–Kier alpha value is -2.73. The Balaban J connectivity index is 1.42. The van der Waals surface area contributed by atoms with Gasteiger partial charge in [-0.25, -0.2) is 0 Å². The summed E-state index contributed by atoms with van der Waals surface area (Å²) in [4.78, 5) is 33.8. The zero-order valence-electron chi connectivity index (χ0n) is 14.5. The van der Waals surface area contributed by atoms with Crippen LogP contribution in [0, 0.1) is 0 Å². The van der Waals surface area contributed by atoms with Gasteiger partial charge in [0.2, 0.25) is 11.8 Å². The molecule has 1 aromatic carbocycles. The van der Waals surface area contributed by atoms with Crippen molar-refractivity contribution in [2.24, 2.45) is 0 Å². The summed E-state index contributed by atoms with van der Waals surface area (Å²) in [6.45, 7) is 2.57. The van der Waals surface area contributed by atoms with Gasteiger partial charge in [-0.2, -0.15) is 0 Å². The van der Waals surface area contributed by atoms with Crippen molar-refractivity contribution in [2.75, 3.05) is 19.6 Å². The van der Waals surface area contributed by atoms with Crippen LogP contribution in [0.4, 0.5) is 0 Å². The van der Waals surface area contributed by atoms with Gasteiger partial charge >= 0.3 is 0 Å². The Bertz CT molecular complexity index is 781. The third kappa shape index (κ3) is 3.46. The van der Waals surface area contributed by atoms with Gasteiger partial charge < -0.3 is 10.2 Å². The van der Waals surface area contributed by atoms with E-state index >= 15 is 0 Å². The number of benzene rings is 1. The van der Waals surface area contributed by atoms with Crippen LogP contribution in [0.15, 0.2) is 54.7 Å². The van der Waals surface area contributed by atoms with Gasteiger partial charge in [0.15, 0.2) is 0 Å². The number of nitrogens with zero attached hydrogens (tertiary/aromatic N) is 3. The number of carbonyl (C=O) groups is 2. The van der Waals surface area contributed by atoms with E-state index in [1.807, 2.05) is 48.5 Å². The molecular weight excluding hydrogens is 328 g/mol. The average Bonchev–Trinajstić information content (AvgIpc) is 2.67. The first kappa shape index (κ1) is 16.7. The first-order valence-electron chi connectivity index (χ1n) is 8.98. The van der Waals surface area contributed by atoms with Crippen molar-refractivity contribution >= 4 is 11.8 Å². The van der Waals surface area contributed by atoms with E-state index < -0.39 is 12.1 Å². The van der Waals surface area contributed by atoms with Crippen LogP contribution in [0.3, 0.4) is 0 Å². The third-order valence-electron chi connectivity index (χ3n) is 5.06. The van der Waals surface area contributed by atoms with Gasteiger partial charge in [-0.1, -0.05) is 36.4 Å². The van der Waals surface area contributed by atoms with Crippen LogP contribution in [-0.4, -0.2) is 58.3 Å². The van der Waals surface area contributed by atoms with Crippen molar-refractivity contribution < 1.29 is 9.59 Å². The number of fused-ring (bicyclic) bond motifs is 1. The Morgan fingerprint density at radius 3 is 2.62 bits per heavy atom. The molecule has 6 nitrogen and oxygen atoms in total. The molecule has 2 saturated heterocycles. The minimum absolute atomic E-state index is 0.0240. The van der Waals surface area contributed by atoms with Gasteiger partial charge in [0.1, 0.15) is 12.1 Å². The van der Waals surface area contributed by atoms with Gasteiger partial charge in [-0.3, -0.25) is 19.5 Å². The van der Waals surface area contributed by atoms with E-state index in [-0.39, 0.29) is 11.8 Å². The molecule has 26 heavy (non-hydrogen) atoms. The van der Waals surface area contributed by atoms with Crippen molar-refractivity contribution in [3.05, 3.63) is 66.0 Å². The number of hydrogen-bond acceptors (Lipinski definition) is 4. The van der Waals surface area contributed by atoms with Crippen LogP contribution in [0.1, 0.15) is 11.3 Å². The monoisotopic (exact) mass is 350 g/mol. The summed E-state index contributed by atoms with van der Waals surface area (Å²) in [7, 11) is 0. The molecule has 2 fully saturated rings. The maximum atomic E-state index is 12.9. The quantitative estimate of drug-likeness (QED) is 0.887. The molecule has 2 amide bonds. The highest BCUT2D eigenvalue weighted by Crippen LogP contribution is 2.19. The second-order valence-electron chi connectivity index (χ2n) is 6.85. The second-order valence-corrected chi connectivity index (χ2v) is 6.85. The molecule has 1 aromatic heterocycles. The van der Waals surface area contributed by atoms with E-state index in [4.69, 9.17) is 0 Å². The van der Waals surface area contributed by atoms with Crippen molar-refractivity contribution in [1.29, 1.82) is 0 Å². The predicted molar refractivity (Wildman–Crippen MR) is 97.1 cm³/mol. The van der Waals surface area contributed by atoms with E-state index in [1.165, 1.54) is 0 Å². The first-order valence-corrected chi connectivity index (χ1v) is 8.98. The first-order chi connectivity index (χ1) is 12.7. The minimum atomic E-state index is -0.469. The van der Waals surface area contributed by atoms with Gasteiger partial charge in [-0.05, 0) is 17.7 Å². The lowest BCUT2D eigenvalue weighted by atomic mass is 9.98. The normalized spacial score (nSPS) is 23.5. The maximum Gasteiger partial charge on any atom is 0.246 e.